The van der Waals surface area contributed by atoms with Crippen molar-refractivity contribution in [1.29, 1.82) is 0 Å². The van der Waals surface area contributed by atoms with Gasteiger partial charge in [0.05, 0.1) is 10.6 Å². The average Bonchev–Trinajstić information content (AvgIpc) is 2.37. The highest BCUT2D eigenvalue weighted by Crippen LogP contribution is 2.23. The summed E-state index contributed by atoms with van der Waals surface area (Å²) in [4.78, 5) is 15.1. The van der Waals surface area contributed by atoms with Crippen LogP contribution in [0.1, 0.15) is 37.1 Å². The fraction of sp³-hybridized carbons (Fsp3) is 0.643. The highest BCUT2D eigenvalue weighted by molar-refractivity contribution is 7.99. The van der Waals surface area contributed by atoms with Crippen LogP contribution in [-0.4, -0.2) is 27.5 Å². The van der Waals surface area contributed by atoms with Crippen LogP contribution in [0.4, 0.5) is 5.69 Å². The second kappa shape index (κ2) is 8.21. The summed E-state index contributed by atoms with van der Waals surface area (Å²) in [7, 11) is 0. The maximum absolute atomic E-state index is 11.1. The number of rotatable bonds is 8. The largest absolute Gasteiger partial charge is 0.309 e. The lowest BCUT2D eigenvalue weighted by Crippen LogP contribution is -2.27. The van der Waals surface area contributed by atoms with Crippen LogP contribution in [0.25, 0.3) is 0 Å². The molecule has 1 aromatic rings. The summed E-state index contributed by atoms with van der Waals surface area (Å²) < 4.78 is 0. The van der Waals surface area contributed by atoms with E-state index in [1.807, 2.05) is 11.8 Å². The lowest BCUT2D eigenvalue weighted by Gasteiger charge is -2.14. The van der Waals surface area contributed by atoms with Crippen LogP contribution < -0.4 is 5.32 Å². The molecule has 20 heavy (non-hydrogen) atoms. The molecule has 0 bridgehead atoms. The van der Waals surface area contributed by atoms with E-state index >= 15 is 0 Å². The smallest absolute Gasteiger partial charge is 0.278 e. The summed E-state index contributed by atoms with van der Waals surface area (Å²) in [5.74, 6) is 2.27. The topological polar surface area (TPSA) is 68.1 Å². The Kier molecular flexibility index (Phi) is 6.95. The van der Waals surface area contributed by atoms with Gasteiger partial charge < -0.3 is 5.32 Å². The van der Waals surface area contributed by atoms with E-state index in [-0.39, 0.29) is 10.6 Å². The predicted octanol–water partition coefficient (Wildman–Crippen LogP) is 3.23. The number of hydrogen-bond donors (Lipinski definition) is 1. The summed E-state index contributed by atoms with van der Waals surface area (Å²) in [6, 6.07) is 0.385. The molecule has 1 rings (SSSR count). The highest BCUT2D eigenvalue weighted by Gasteiger charge is 2.18. The van der Waals surface area contributed by atoms with Crippen molar-refractivity contribution in [3.05, 3.63) is 33.1 Å². The lowest BCUT2D eigenvalue weighted by atomic mass is 10.1. The number of nitrogens with zero attached hydrogens (tertiary/aromatic N) is 2. The molecule has 0 aromatic carbocycles. The van der Waals surface area contributed by atoms with Crippen molar-refractivity contribution in [1.82, 2.24) is 10.3 Å². The maximum Gasteiger partial charge on any atom is 0.278 e. The third-order valence-electron chi connectivity index (χ3n) is 3.28. The predicted molar refractivity (Wildman–Crippen MR) is 84.3 cm³/mol. The van der Waals surface area contributed by atoms with Gasteiger partial charge >= 0.3 is 0 Å². The van der Waals surface area contributed by atoms with Gasteiger partial charge in [0.25, 0.3) is 5.69 Å². The molecule has 112 valence electrons. The van der Waals surface area contributed by atoms with Crippen LogP contribution in [0, 0.1) is 24.0 Å². The molecule has 1 aromatic heterocycles. The van der Waals surface area contributed by atoms with Crippen molar-refractivity contribution < 1.29 is 4.92 Å². The van der Waals surface area contributed by atoms with Gasteiger partial charge in [-0.2, -0.15) is 11.8 Å². The fourth-order valence-corrected chi connectivity index (χ4v) is 2.81. The third-order valence-corrected chi connectivity index (χ3v) is 4.21. The van der Waals surface area contributed by atoms with Gasteiger partial charge in [-0.1, -0.05) is 6.92 Å². The second-order valence-corrected chi connectivity index (χ2v) is 6.28. The molecule has 0 saturated carbocycles. The molecular formula is C14H23N3O2S. The van der Waals surface area contributed by atoms with E-state index in [9.17, 15) is 10.1 Å². The van der Waals surface area contributed by atoms with Gasteiger partial charge in [0.1, 0.15) is 0 Å². The molecular weight excluding hydrogens is 274 g/mol. The van der Waals surface area contributed by atoms with E-state index in [0.29, 0.717) is 23.7 Å². The van der Waals surface area contributed by atoms with Gasteiger partial charge in [0, 0.05) is 29.9 Å². The van der Waals surface area contributed by atoms with E-state index in [0.717, 1.165) is 23.6 Å². The van der Waals surface area contributed by atoms with E-state index in [2.05, 4.69) is 24.1 Å². The van der Waals surface area contributed by atoms with Crippen LogP contribution >= 0.6 is 11.8 Å². The Bertz CT molecular complexity index is 466. The number of nitrogens with one attached hydrogen (secondary N) is 1. The van der Waals surface area contributed by atoms with Crippen LogP contribution in [-0.2, 0) is 6.54 Å². The minimum absolute atomic E-state index is 0.186. The molecule has 1 unspecified atom stereocenters. The summed E-state index contributed by atoms with van der Waals surface area (Å²) >= 11 is 1.92. The molecule has 6 heteroatoms. The molecule has 0 spiro atoms. The molecule has 0 amide bonds. The van der Waals surface area contributed by atoms with Crippen molar-refractivity contribution in [3.63, 3.8) is 0 Å². The molecule has 1 atom stereocenters. The quantitative estimate of drug-likeness (QED) is 0.453. The third kappa shape index (κ3) is 4.76. The Morgan fingerprint density at radius 1 is 1.50 bits per heavy atom. The Balaban J connectivity index is 2.65. The molecule has 0 radical (unpaired) electrons. The number of thioether (sulfide) groups is 1. The second-order valence-electron chi connectivity index (χ2n) is 4.89. The first-order chi connectivity index (χ1) is 9.47. The van der Waals surface area contributed by atoms with Crippen LogP contribution in [0.2, 0.25) is 0 Å². The van der Waals surface area contributed by atoms with E-state index in [1.165, 1.54) is 0 Å². The minimum atomic E-state index is -0.322. The molecule has 0 saturated heterocycles. The average molecular weight is 297 g/mol. The fourth-order valence-electron chi connectivity index (χ4n) is 2.00. The van der Waals surface area contributed by atoms with Crippen LogP contribution in [0.5, 0.6) is 0 Å². The zero-order valence-corrected chi connectivity index (χ0v) is 13.4. The van der Waals surface area contributed by atoms with E-state index < -0.39 is 0 Å². The van der Waals surface area contributed by atoms with Crippen molar-refractivity contribution in [2.75, 3.05) is 11.5 Å². The Labute approximate surface area is 124 Å². The molecule has 5 nitrogen and oxygen atoms in total. The normalized spacial score (nSPS) is 12.4. The Morgan fingerprint density at radius 3 is 2.80 bits per heavy atom. The SMILES string of the molecule is CCSCCC(C)NCc1ncc(C)c([N+](=O)[O-])c1C. The van der Waals surface area contributed by atoms with Crippen molar-refractivity contribution in [2.45, 2.75) is 46.7 Å². The Hall–Kier alpha value is -1.14. The minimum Gasteiger partial charge on any atom is -0.309 e. The zero-order valence-electron chi connectivity index (χ0n) is 12.6. The Morgan fingerprint density at radius 2 is 2.20 bits per heavy atom. The molecule has 0 aliphatic heterocycles. The van der Waals surface area contributed by atoms with Crippen molar-refractivity contribution in [2.24, 2.45) is 0 Å². The van der Waals surface area contributed by atoms with Crippen LogP contribution in [0.15, 0.2) is 6.20 Å². The molecule has 0 fully saturated rings. The highest BCUT2D eigenvalue weighted by atomic mass is 32.2. The first-order valence-electron chi connectivity index (χ1n) is 6.88. The van der Waals surface area contributed by atoms with Crippen LogP contribution in [0.3, 0.4) is 0 Å². The maximum atomic E-state index is 11.1. The van der Waals surface area contributed by atoms with E-state index in [1.54, 1.807) is 20.0 Å². The van der Waals surface area contributed by atoms with Gasteiger partial charge in [0.15, 0.2) is 0 Å². The van der Waals surface area contributed by atoms with Gasteiger partial charge in [-0.25, -0.2) is 0 Å². The van der Waals surface area contributed by atoms with Crippen molar-refractivity contribution in [3.8, 4) is 0 Å². The summed E-state index contributed by atoms with van der Waals surface area (Å²) in [6.45, 7) is 8.35. The van der Waals surface area contributed by atoms with Gasteiger partial charge in [-0.15, -0.1) is 0 Å². The zero-order chi connectivity index (χ0) is 15.1. The number of aryl methyl sites for hydroxylation is 1. The number of aromatic nitrogens is 1. The monoisotopic (exact) mass is 297 g/mol. The summed E-state index contributed by atoms with van der Waals surface area (Å²) in [5.41, 5.74) is 2.23. The molecule has 0 aliphatic rings. The molecule has 1 heterocycles. The molecule has 0 aliphatic carbocycles. The number of pyridine rings is 1. The lowest BCUT2D eigenvalue weighted by molar-refractivity contribution is -0.386. The number of hydrogen-bond acceptors (Lipinski definition) is 5. The number of nitro groups is 1. The van der Waals surface area contributed by atoms with Crippen molar-refractivity contribution >= 4 is 17.4 Å². The van der Waals surface area contributed by atoms with E-state index in [4.69, 9.17) is 0 Å². The standard InChI is InChI=1S/C14H23N3O2S/c1-5-20-7-6-11(3)15-9-13-12(4)14(17(18)19)10(2)8-16-13/h8,11,15H,5-7,9H2,1-4H3. The van der Waals surface area contributed by atoms with Gasteiger partial charge in [-0.3, -0.25) is 15.1 Å². The summed E-state index contributed by atoms with van der Waals surface area (Å²) in [5, 5.41) is 14.4. The first kappa shape index (κ1) is 16.9. The van der Waals surface area contributed by atoms with Gasteiger partial charge in [0.2, 0.25) is 0 Å². The van der Waals surface area contributed by atoms with Gasteiger partial charge in [-0.05, 0) is 38.7 Å². The summed E-state index contributed by atoms with van der Waals surface area (Å²) in [6.07, 6.45) is 2.67. The first-order valence-corrected chi connectivity index (χ1v) is 8.03. The molecule has 1 N–H and O–H groups in total.